The summed E-state index contributed by atoms with van der Waals surface area (Å²) in [5.74, 6) is 0.0319. The molecule has 0 spiro atoms. The number of carbonyl (C=O) groups is 1. The van der Waals surface area contributed by atoms with Crippen molar-refractivity contribution in [3.05, 3.63) is 82.9 Å². The van der Waals surface area contributed by atoms with Crippen molar-refractivity contribution in [1.29, 1.82) is 0 Å². The van der Waals surface area contributed by atoms with Crippen molar-refractivity contribution in [1.82, 2.24) is 15.3 Å². The van der Waals surface area contributed by atoms with E-state index in [0.29, 0.717) is 17.0 Å². The van der Waals surface area contributed by atoms with Crippen LogP contribution in [0, 0.1) is 5.92 Å². The lowest BCUT2D eigenvalue weighted by Crippen LogP contribution is -2.42. The molecule has 0 radical (unpaired) electrons. The van der Waals surface area contributed by atoms with Crippen molar-refractivity contribution in [3.8, 4) is 11.1 Å². The number of nitrogens with zero attached hydrogens (tertiary/aromatic N) is 2. The third-order valence-corrected chi connectivity index (χ3v) is 6.05. The second-order valence-electron chi connectivity index (χ2n) is 8.36. The Hall–Kier alpha value is -2.76. The number of rotatable bonds is 8. The van der Waals surface area contributed by atoms with Crippen LogP contribution in [0.1, 0.15) is 41.5 Å². The third-order valence-electron chi connectivity index (χ3n) is 5.80. The van der Waals surface area contributed by atoms with E-state index in [0.717, 1.165) is 41.8 Å². The summed E-state index contributed by atoms with van der Waals surface area (Å²) in [6.07, 6.45) is 6.87. The SMILES string of the molecule is C[C@](O)(CNC(=O)c1cnc(CCc2ccccn2)c(-c2ccc(Cl)cc2)c1)C1CC1. The molecule has 1 saturated carbocycles. The van der Waals surface area contributed by atoms with Crippen LogP contribution in [-0.4, -0.2) is 33.1 Å². The van der Waals surface area contributed by atoms with Crippen LogP contribution >= 0.6 is 11.6 Å². The van der Waals surface area contributed by atoms with Gasteiger partial charge in [0.05, 0.1) is 11.2 Å². The lowest BCUT2D eigenvalue weighted by molar-refractivity contribution is 0.0354. The highest BCUT2D eigenvalue weighted by Gasteiger charge is 2.40. The molecule has 3 aromatic rings. The molecule has 31 heavy (non-hydrogen) atoms. The van der Waals surface area contributed by atoms with Crippen molar-refractivity contribution in [2.75, 3.05) is 6.54 Å². The van der Waals surface area contributed by atoms with Crippen molar-refractivity contribution >= 4 is 17.5 Å². The van der Waals surface area contributed by atoms with E-state index in [1.54, 1.807) is 19.3 Å². The van der Waals surface area contributed by atoms with Gasteiger partial charge in [0, 0.05) is 40.9 Å². The zero-order valence-electron chi connectivity index (χ0n) is 17.5. The van der Waals surface area contributed by atoms with Gasteiger partial charge in [0.25, 0.3) is 5.91 Å². The molecule has 2 heterocycles. The van der Waals surface area contributed by atoms with E-state index in [-0.39, 0.29) is 18.4 Å². The van der Waals surface area contributed by atoms with Crippen LogP contribution in [0.15, 0.2) is 60.9 Å². The molecule has 160 valence electrons. The summed E-state index contributed by atoms with van der Waals surface area (Å²) in [7, 11) is 0. The highest BCUT2D eigenvalue weighted by Crippen LogP contribution is 2.39. The topological polar surface area (TPSA) is 75.1 Å². The van der Waals surface area contributed by atoms with Gasteiger partial charge in [0.1, 0.15) is 0 Å². The molecular formula is C25H26ClN3O2. The molecule has 0 bridgehead atoms. The molecule has 1 fully saturated rings. The van der Waals surface area contributed by atoms with Gasteiger partial charge in [-0.05, 0) is 74.4 Å². The van der Waals surface area contributed by atoms with Gasteiger partial charge in [-0.15, -0.1) is 0 Å². The first-order chi connectivity index (χ1) is 14.9. The highest BCUT2D eigenvalue weighted by atomic mass is 35.5. The largest absolute Gasteiger partial charge is 0.388 e. The molecule has 1 aliphatic rings. The van der Waals surface area contributed by atoms with E-state index < -0.39 is 5.60 Å². The molecule has 4 rings (SSSR count). The van der Waals surface area contributed by atoms with E-state index in [9.17, 15) is 9.90 Å². The standard InChI is InChI=1S/C25H26ClN3O2/c1-25(31,19-7-8-19)16-29-24(30)18-14-22(17-5-9-20(26)10-6-17)23(28-15-18)12-11-21-4-2-3-13-27-21/h2-6,9-10,13-15,19,31H,7-8,11-12,16H2,1H3,(H,29,30)/t25-/m0/s1. The third kappa shape index (κ3) is 5.49. The number of aliphatic hydroxyl groups is 1. The smallest absolute Gasteiger partial charge is 0.252 e. The summed E-state index contributed by atoms with van der Waals surface area (Å²) < 4.78 is 0. The van der Waals surface area contributed by atoms with Crippen LogP contribution in [-0.2, 0) is 12.8 Å². The minimum Gasteiger partial charge on any atom is -0.388 e. The number of carbonyl (C=O) groups excluding carboxylic acids is 1. The summed E-state index contributed by atoms with van der Waals surface area (Å²) in [5, 5.41) is 14.0. The minimum atomic E-state index is -0.870. The summed E-state index contributed by atoms with van der Waals surface area (Å²) in [5.41, 5.74) is 3.34. The van der Waals surface area contributed by atoms with Crippen LogP contribution in [0.3, 0.4) is 0 Å². The molecule has 6 heteroatoms. The Kier molecular flexibility index (Phi) is 6.35. The van der Waals surface area contributed by atoms with Crippen molar-refractivity contribution in [2.24, 2.45) is 5.92 Å². The summed E-state index contributed by atoms with van der Waals surface area (Å²) in [6.45, 7) is 2.01. The Labute approximate surface area is 187 Å². The molecule has 1 atom stereocenters. The van der Waals surface area contributed by atoms with Crippen LogP contribution in [0.4, 0.5) is 0 Å². The number of nitrogens with one attached hydrogen (secondary N) is 1. The van der Waals surface area contributed by atoms with Crippen LogP contribution in [0.25, 0.3) is 11.1 Å². The number of halogens is 1. The van der Waals surface area contributed by atoms with Crippen LogP contribution < -0.4 is 5.32 Å². The molecule has 2 aromatic heterocycles. The number of pyridine rings is 2. The maximum Gasteiger partial charge on any atom is 0.252 e. The first-order valence-corrected chi connectivity index (χ1v) is 11.0. The van der Waals surface area contributed by atoms with Crippen molar-refractivity contribution in [3.63, 3.8) is 0 Å². The van der Waals surface area contributed by atoms with Gasteiger partial charge in [-0.3, -0.25) is 14.8 Å². The van der Waals surface area contributed by atoms with E-state index in [1.165, 1.54) is 0 Å². The van der Waals surface area contributed by atoms with Crippen LogP contribution in [0.2, 0.25) is 5.02 Å². The molecule has 1 aliphatic carbocycles. The fraction of sp³-hybridized carbons (Fsp3) is 0.320. The fourth-order valence-electron chi connectivity index (χ4n) is 3.70. The van der Waals surface area contributed by atoms with Gasteiger partial charge in [-0.25, -0.2) is 0 Å². The molecule has 0 saturated heterocycles. The number of hydrogen-bond donors (Lipinski definition) is 2. The zero-order chi connectivity index (χ0) is 21.8. The monoisotopic (exact) mass is 435 g/mol. The average molecular weight is 436 g/mol. The summed E-state index contributed by atoms with van der Waals surface area (Å²) >= 11 is 6.06. The highest BCUT2D eigenvalue weighted by molar-refractivity contribution is 6.30. The predicted molar refractivity (Wildman–Crippen MR) is 122 cm³/mol. The molecular weight excluding hydrogens is 410 g/mol. The normalized spacial score (nSPS) is 15.3. The molecule has 2 N–H and O–H groups in total. The Morgan fingerprint density at radius 3 is 2.61 bits per heavy atom. The zero-order valence-corrected chi connectivity index (χ0v) is 18.3. The Bertz CT molecular complexity index is 1050. The summed E-state index contributed by atoms with van der Waals surface area (Å²) in [4.78, 5) is 21.8. The van der Waals surface area contributed by atoms with E-state index in [2.05, 4.69) is 15.3 Å². The second kappa shape index (κ2) is 9.16. The second-order valence-corrected chi connectivity index (χ2v) is 8.80. The molecule has 1 amide bonds. The summed E-state index contributed by atoms with van der Waals surface area (Å²) in [6, 6.07) is 15.3. The Balaban J connectivity index is 1.56. The average Bonchev–Trinajstić information content (AvgIpc) is 3.64. The number of amides is 1. The fourth-order valence-corrected chi connectivity index (χ4v) is 3.83. The number of aromatic nitrogens is 2. The quantitative estimate of drug-likeness (QED) is 0.547. The van der Waals surface area contributed by atoms with Gasteiger partial charge in [0.15, 0.2) is 0 Å². The molecule has 0 aliphatic heterocycles. The lowest BCUT2D eigenvalue weighted by atomic mass is 9.98. The lowest BCUT2D eigenvalue weighted by Gasteiger charge is -2.23. The predicted octanol–water partition coefficient (Wildman–Crippen LogP) is 4.47. The minimum absolute atomic E-state index is 0.230. The Morgan fingerprint density at radius 1 is 1.16 bits per heavy atom. The van der Waals surface area contributed by atoms with E-state index in [4.69, 9.17) is 11.6 Å². The first kappa shape index (κ1) is 21.5. The number of benzene rings is 1. The van der Waals surface area contributed by atoms with Gasteiger partial charge in [0.2, 0.25) is 0 Å². The van der Waals surface area contributed by atoms with Gasteiger partial charge < -0.3 is 10.4 Å². The Morgan fingerprint density at radius 2 is 1.94 bits per heavy atom. The van der Waals surface area contributed by atoms with Crippen molar-refractivity contribution < 1.29 is 9.90 Å². The van der Waals surface area contributed by atoms with Crippen molar-refractivity contribution in [2.45, 2.75) is 38.2 Å². The maximum absolute atomic E-state index is 12.8. The molecule has 0 unspecified atom stereocenters. The maximum atomic E-state index is 12.8. The van der Waals surface area contributed by atoms with Crippen LogP contribution in [0.5, 0.6) is 0 Å². The van der Waals surface area contributed by atoms with E-state index in [1.807, 2.05) is 48.5 Å². The molecule has 5 nitrogen and oxygen atoms in total. The first-order valence-electron chi connectivity index (χ1n) is 10.6. The number of hydrogen-bond acceptors (Lipinski definition) is 4. The van der Waals surface area contributed by atoms with E-state index >= 15 is 0 Å². The van der Waals surface area contributed by atoms with Gasteiger partial charge in [-0.1, -0.05) is 29.8 Å². The van der Waals surface area contributed by atoms with Gasteiger partial charge in [-0.2, -0.15) is 0 Å². The molecule has 1 aromatic carbocycles. The number of aryl methyl sites for hydroxylation is 2. The van der Waals surface area contributed by atoms with Gasteiger partial charge >= 0.3 is 0 Å².